The molecule has 0 saturated heterocycles. The Balaban J connectivity index is 0.00000274. The summed E-state index contributed by atoms with van der Waals surface area (Å²) in [4.78, 5) is 16.4. The molecule has 1 aliphatic carbocycles. The van der Waals surface area contributed by atoms with E-state index in [4.69, 9.17) is 9.40 Å². The minimum Gasteiger partial charge on any atom is -0.478 e. The van der Waals surface area contributed by atoms with Gasteiger partial charge in [-0.2, -0.15) is 0 Å². The van der Waals surface area contributed by atoms with Gasteiger partial charge in [-0.05, 0) is 49.3 Å². The van der Waals surface area contributed by atoms with Crippen molar-refractivity contribution in [3.8, 4) is 22.6 Å². The fourth-order valence-electron chi connectivity index (χ4n) is 4.55. The summed E-state index contributed by atoms with van der Waals surface area (Å²) in [5, 5.41) is 9.36. The third-order valence-electron chi connectivity index (χ3n) is 6.17. The first-order valence-electron chi connectivity index (χ1n) is 11.3. The number of oxazole rings is 1. The summed E-state index contributed by atoms with van der Waals surface area (Å²) in [7, 11) is 0. The number of carboxylic acid groups (broad SMARTS) is 1. The fraction of sp³-hybridized carbons (Fsp3) is 0.172. The summed E-state index contributed by atoms with van der Waals surface area (Å²) < 4.78 is 6.45. The Morgan fingerprint density at radius 1 is 0.941 bits per heavy atom. The van der Waals surface area contributed by atoms with Crippen molar-refractivity contribution in [2.75, 3.05) is 0 Å². The summed E-state index contributed by atoms with van der Waals surface area (Å²) in [6, 6.07) is 27.4. The first kappa shape index (κ1) is 24.2. The molecule has 0 amide bonds. The van der Waals surface area contributed by atoms with E-state index in [2.05, 4.69) is 18.2 Å². The second-order valence-electron chi connectivity index (χ2n) is 8.43. The van der Waals surface area contributed by atoms with Crippen LogP contribution in [0.4, 0.5) is 0 Å². The van der Waals surface area contributed by atoms with Gasteiger partial charge in [-0.15, -0.1) is 0 Å². The molecule has 4 nitrogen and oxygen atoms in total. The number of carboxylic acids is 1. The third kappa shape index (κ3) is 5.25. The van der Waals surface area contributed by atoms with E-state index < -0.39 is 5.97 Å². The van der Waals surface area contributed by atoms with Crippen molar-refractivity contribution in [3.05, 3.63) is 108 Å². The Hall–Kier alpha value is -2.92. The van der Waals surface area contributed by atoms with Crippen LogP contribution < -0.4 is 0 Å². The van der Waals surface area contributed by atoms with Crippen molar-refractivity contribution in [1.82, 2.24) is 4.98 Å². The number of aromatic nitrogens is 1. The number of hydrogen-bond acceptors (Lipinski definition) is 3. The van der Waals surface area contributed by atoms with Crippen LogP contribution in [0.2, 0.25) is 0 Å². The van der Waals surface area contributed by atoms with Crippen LogP contribution in [-0.2, 0) is 6.42 Å². The minimum absolute atomic E-state index is 0. The van der Waals surface area contributed by atoms with Crippen molar-refractivity contribution in [3.63, 3.8) is 0 Å². The Labute approximate surface area is 221 Å². The van der Waals surface area contributed by atoms with E-state index in [1.165, 1.54) is 0 Å². The van der Waals surface area contributed by atoms with Gasteiger partial charge in [-0.25, -0.2) is 9.78 Å². The Bertz CT molecular complexity index is 1240. The molecule has 165 valence electrons. The normalized spacial score (nSPS) is 15.3. The number of carbonyl (C=O) groups is 1. The summed E-state index contributed by atoms with van der Waals surface area (Å²) in [5.41, 5.74) is 5.32. The summed E-state index contributed by atoms with van der Waals surface area (Å²) in [6.45, 7) is 0. The van der Waals surface area contributed by atoms with E-state index >= 15 is 0 Å². The van der Waals surface area contributed by atoms with Gasteiger partial charge in [-0.1, -0.05) is 78.9 Å². The summed E-state index contributed by atoms with van der Waals surface area (Å²) in [5.74, 6) is 0.763. The summed E-state index contributed by atoms with van der Waals surface area (Å²) in [6.07, 6.45) is 6.11. The summed E-state index contributed by atoms with van der Waals surface area (Å²) >= 11 is 0. The molecule has 5 rings (SSSR count). The fourth-order valence-corrected chi connectivity index (χ4v) is 4.55. The van der Waals surface area contributed by atoms with Crippen LogP contribution in [0.3, 0.4) is 0 Å². The van der Waals surface area contributed by atoms with Gasteiger partial charge in [0.2, 0.25) is 5.89 Å². The molecule has 1 atom stereocenters. The molecule has 0 unspecified atom stereocenters. The van der Waals surface area contributed by atoms with Crippen LogP contribution in [0, 0.1) is 5.92 Å². The van der Waals surface area contributed by atoms with Crippen LogP contribution in [0.5, 0.6) is 0 Å². The number of allylic oxidation sites excluding steroid dienone is 2. The molecule has 0 fully saturated rings. The van der Waals surface area contributed by atoms with Crippen molar-refractivity contribution in [2.45, 2.75) is 25.7 Å². The molecule has 0 bridgehead atoms. The van der Waals surface area contributed by atoms with Gasteiger partial charge in [0.15, 0.2) is 5.76 Å². The number of benzene rings is 3. The molecule has 1 N–H and O–H groups in total. The van der Waals surface area contributed by atoms with Crippen molar-refractivity contribution in [1.29, 1.82) is 0 Å². The Morgan fingerprint density at radius 2 is 1.65 bits per heavy atom. The molecule has 1 aliphatic rings. The SMILES string of the molecule is O=C(O)c1cccc(C[C@@H]2CCCC=C2c2nc(-c3ccccc3)c(-c3ccccc3)o2)c1.[Na]. The molecule has 1 heterocycles. The first-order chi connectivity index (χ1) is 16.2. The smallest absolute Gasteiger partial charge is 0.335 e. The molecule has 0 aliphatic heterocycles. The van der Waals surface area contributed by atoms with E-state index in [0.717, 1.165) is 59.4 Å². The second-order valence-corrected chi connectivity index (χ2v) is 8.43. The van der Waals surface area contributed by atoms with Crippen LogP contribution >= 0.6 is 0 Å². The maximum atomic E-state index is 11.4. The average molecular weight is 459 g/mol. The maximum Gasteiger partial charge on any atom is 0.335 e. The standard InChI is InChI=1S/C29H25NO3.Na/c31-29(32)24-16-9-10-20(19-24)18-23-15-7-8-17-25(23)28-30-26(21-11-3-1-4-12-21)27(33-28)22-13-5-2-6-14-22;/h1-6,9-14,16-17,19,23H,7-8,15,18H2,(H,31,32);/t23-;/m0./s1. The van der Waals surface area contributed by atoms with Gasteiger partial charge in [0.25, 0.3) is 0 Å². The zero-order valence-electron chi connectivity index (χ0n) is 19.3. The number of rotatable bonds is 6. The van der Waals surface area contributed by atoms with Crippen molar-refractivity contribution in [2.24, 2.45) is 5.92 Å². The molecular weight excluding hydrogens is 433 g/mol. The molecular formula is C29H25NNaO3. The molecule has 0 spiro atoms. The van der Waals surface area contributed by atoms with E-state index in [0.29, 0.717) is 11.5 Å². The van der Waals surface area contributed by atoms with Gasteiger partial charge < -0.3 is 9.52 Å². The van der Waals surface area contributed by atoms with Crippen LogP contribution in [0.1, 0.15) is 41.1 Å². The van der Waals surface area contributed by atoms with Crippen molar-refractivity contribution < 1.29 is 14.3 Å². The molecule has 0 saturated carbocycles. The van der Waals surface area contributed by atoms with E-state index in [9.17, 15) is 9.90 Å². The van der Waals surface area contributed by atoms with Crippen LogP contribution in [0.15, 0.2) is 95.4 Å². The van der Waals surface area contributed by atoms with Gasteiger partial charge in [-0.3, -0.25) is 0 Å². The monoisotopic (exact) mass is 458 g/mol. The molecule has 4 aromatic rings. The quantitative estimate of drug-likeness (QED) is 0.325. The van der Waals surface area contributed by atoms with Gasteiger partial charge in [0.1, 0.15) is 5.69 Å². The Morgan fingerprint density at radius 3 is 2.35 bits per heavy atom. The van der Waals surface area contributed by atoms with Gasteiger partial charge in [0, 0.05) is 46.3 Å². The predicted octanol–water partition coefficient (Wildman–Crippen LogP) is 6.75. The van der Waals surface area contributed by atoms with Crippen LogP contribution in [0.25, 0.3) is 28.2 Å². The van der Waals surface area contributed by atoms with E-state index in [1.807, 2.05) is 60.7 Å². The topological polar surface area (TPSA) is 63.3 Å². The molecule has 34 heavy (non-hydrogen) atoms. The Kier molecular flexibility index (Phi) is 7.84. The largest absolute Gasteiger partial charge is 0.478 e. The molecule has 1 aromatic heterocycles. The van der Waals surface area contributed by atoms with Gasteiger partial charge in [0.05, 0.1) is 5.56 Å². The maximum absolute atomic E-state index is 11.4. The number of hydrogen-bond donors (Lipinski definition) is 1. The first-order valence-corrected chi connectivity index (χ1v) is 11.3. The minimum atomic E-state index is -0.899. The zero-order valence-corrected chi connectivity index (χ0v) is 21.3. The number of nitrogens with zero attached hydrogens (tertiary/aromatic N) is 1. The second kappa shape index (κ2) is 11.0. The van der Waals surface area contributed by atoms with Gasteiger partial charge >= 0.3 is 5.97 Å². The van der Waals surface area contributed by atoms with Crippen LogP contribution in [-0.4, -0.2) is 45.6 Å². The van der Waals surface area contributed by atoms with Crippen molar-refractivity contribution >= 4 is 41.1 Å². The third-order valence-corrected chi connectivity index (χ3v) is 6.17. The number of aromatic carboxylic acids is 1. The average Bonchev–Trinajstić information content (AvgIpc) is 3.31. The molecule has 3 aromatic carbocycles. The molecule has 5 heteroatoms. The zero-order chi connectivity index (χ0) is 22.6. The van der Waals surface area contributed by atoms with E-state index in [1.54, 1.807) is 12.1 Å². The molecule has 1 radical (unpaired) electrons. The van der Waals surface area contributed by atoms with E-state index in [-0.39, 0.29) is 35.5 Å². The predicted molar refractivity (Wildman–Crippen MR) is 136 cm³/mol.